The first-order chi connectivity index (χ1) is 11.1. The summed E-state index contributed by atoms with van der Waals surface area (Å²) in [6.45, 7) is 4.20. The number of nitrogens with one attached hydrogen (secondary N) is 2. The highest BCUT2D eigenvalue weighted by Crippen LogP contribution is 2.43. The van der Waals surface area contributed by atoms with Gasteiger partial charge in [0.1, 0.15) is 5.66 Å². The Kier molecular flexibility index (Phi) is 2.85. The van der Waals surface area contributed by atoms with E-state index in [1.807, 2.05) is 6.07 Å². The van der Waals surface area contributed by atoms with Crippen molar-refractivity contribution in [3.05, 3.63) is 58.7 Å². The van der Waals surface area contributed by atoms with Crippen LogP contribution in [0.5, 0.6) is 0 Å². The van der Waals surface area contributed by atoms with Crippen molar-refractivity contribution in [1.29, 1.82) is 0 Å². The third-order valence-corrected chi connectivity index (χ3v) is 5.04. The molecule has 0 saturated heterocycles. The van der Waals surface area contributed by atoms with Crippen LogP contribution in [0.4, 0.5) is 11.4 Å². The Balaban J connectivity index is 1.92. The molecule has 0 unspecified atom stereocenters. The Morgan fingerprint density at radius 3 is 2.13 bits per heavy atom. The summed E-state index contributed by atoms with van der Waals surface area (Å²) in [5.74, 6) is -0.158. The zero-order valence-electron chi connectivity index (χ0n) is 13.2. The Hall–Kier alpha value is -2.62. The average Bonchev–Trinajstić information content (AvgIpc) is 2.98. The van der Waals surface area contributed by atoms with E-state index in [9.17, 15) is 9.59 Å². The normalized spacial score (nSPS) is 17.0. The zero-order chi connectivity index (χ0) is 16.2. The van der Waals surface area contributed by atoms with Gasteiger partial charge in [0.05, 0.1) is 16.9 Å². The highest BCUT2D eigenvalue weighted by Gasteiger charge is 2.39. The molecule has 0 radical (unpaired) electrons. The lowest BCUT2D eigenvalue weighted by Crippen LogP contribution is -2.40. The molecular weight excluding hydrogens is 288 g/mol. The molecular formula is C19H18N2O2. The van der Waals surface area contributed by atoms with Crippen LogP contribution in [0, 0.1) is 0 Å². The van der Waals surface area contributed by atoms with Crippen LogP contribution in [0.1, 0.15) is 58.5 Å². The molecule has 0 atom stereocenters. The Labute approximate surface area is 134 Å². The number of hydrogen-bond acceptors (Lipinski definition) is 4. The first-order valence-corrected chi connectivity index (χ1v) is 8.02. The van der Waals surface area contributed by atoms with Crippen molar-refractivity contribution < 1.29 is 9.59 Å². The molecule has 4 rings (SSSR count). The van der Waals surface area contributed by atoms with Crippen LogP contribution in [0.2, 0.25) is 0 Å². The topological polar surface area (TPSA) is 58.2 Å². The number of rotatable bonds is 2. The van der Waals surface area contributed by atoms with Gasteiger partial charge in [-0.05, 0) is 25.0 Å². The molecule has 0 spiro atoms. The second-order valence-corrected chi connectivity index (χ2v) is 6.15. The number of hydrogen-bond donors (Lipinski definition) is 2. The van der Waals surface area contributed by atoms with Gasteiger partial charge in [-0.3, -0.25) is 9.59 Å². The Bertz CT molecular complexity index is 850. The number of fused-ring (bicyclic) bond motifs is 4. The minimum Gasteiger partial charge on any atom is -0.361 e. The SMILES string of the molecule is CCC1(CC)Nc2ccc3c(c2N1)C(=O)c1ccccc1C3=O. The highest BCUT2D eigenvalue weighted by atomic mass is 16.1. The molecule has 2 N–H and O–H groups in total. The van der Waals surface area contributed by atoms with Gasteiger partial charge < -0.3 is 10.6 Å². The average molecular weight is 306 g/mol. The third kappa shape index (κ3) is 1.78. The van der Waals surface area contributed by atoms with Gasteiger partial charge in [0.15, 0.2) is 11.6 Å². The van der Waals surface area contributed by atoms with Crippen molar-refractivity contribution in [1.82, 2.24) is 0 Å². The number of anilines is 2. The van der Waals surface area contributed by atoms with E-state index in [2.05, 4.69) is 24.5 Å². The Morgan fingerprint density at radius 1 is 0.826 bits per heavy atom. The van der Waals surface area contributed by atoms with Gasteiger partial charge in [0.25, 0.3) is 0 Å². The summed E-state index contributed by atoms with van der Waals surface area (Å²) in [7, 11) is 0. The van der Waals surface area contributed by atoms with Crippen LogP contribution >= 0.6 is 0 Å². The van der Waals surface area contributed by atoms with Crippen molar-refractivity contribution in [2.45, 2.75) is 32.4 Å². The maximum absolute atomic E-state index is 13.0. The van der Waals surface area contributed by atoms with E-state index in [0.29, 0.717) is 22.3 Å². The second kappa shape index (κ2) is 4.69. The molecule has 2 aromatic rings. The van der Waals surface area contributed by atoms with E-state index >= 15 is 0 Å². The summed E-state index contributed by atoms with van der Waals surface area (Å²) in [5, 5.41) is 6.96. The molecule has 116 valence electrons. The lowest BCUT2D eigenvalue weighted by molar-refractivity contribution is 0.0979. The van der Waals surface area contributed by atoms with E-state index in [-0.39, 0.29) is 17.2 Å². The van der Waals surface area contributed by atoms with Gasteiger partial charge in [-0.2, -0.15) is 0 Å². The van der Waals surface area contributed by atoms with Crippen LogP contribution in [0.25, 0.3) is 0 Å². The number of carbonyl (C=O) groups excluding carboxylic acids is 2. The van der Waals surface area contributed by atoms with E-state index < -0.39 is 0 Å². The maximum atomic E-state index is 13.0. The van der Waals surface area contributed by atoms with Crippen LogP contribution in [0.3, 0.4) is 0 Å². The molecule has 0 amide bonds. The van der Waals surface area contributed by atoms with Crippen molar-refractivity contribution in [2.24, 2.45) is 0 Å². The van der Waals surface area contributed by atoms with E-state index in [4.69, 9.17) is 0 Å². The molecule has 1 aliphatic carbocycles. The number of ketones is 2. The Morgan fingerprint density at radius 2 is 1.48 bits per heavy atom. The quantitative estimate of drug-likeness (QED) is 0.756. The number of carbonyl (C=O) groups is 2. The van der Waals surface area contributed by atoms with Gasteiger partial charge in [0, 0.05) is 16.7 Å². The van der Waals surface area contributed by atoms with E-state index in [1.165, 1.54) is 0 Å². The second-order valence-electron chi connectivity index (χ2n) is 6.15. The van der Waals surface area contributed by atoms with E-state index in [1.54, 1.807) is 30.3 Å². The minimum absolute atomic E-state index is 0.0784. The summed E-state index contributed by atoms with van der Waals surface area (Å²) in [5.41, 5.74) is 3.38. The molecule has 0 fully saturated rings. The van der Waals surface area contributed by atoms with Gasteiger partial charge >= 0.3 is 0 Å². The summed E-state index contributed by atoms with van der Waals surface area (Å²) in [6, 6.07) is 10.7. The lowest BCUT2D eigenvalue weighted by Gasteiger charge is -2.28. The molecule has 2 aromatic carbocycles. The zero-order valence-corrected chi connectivity index (χ0v) is 13.2. The molecule has 2 aliphatic rings. The van der Waals surface area contributed by atoms with Crippen molar-refractivity contribution in [3.63, 3.8) is 0 Å². The monoisotopic (exact) mass is 306 g/mol. The molecule has 4 nitrogen and oxygen atoms in total. The predicted molar refractivity (Wildman–Crippen MR) is 90.3 cm³/mol. The molecule has 4 heteroatoms. The lowest BCUT2D eigenvalue weighted by atomic mass is 9.83. The fourth-order valence-corrected chi connectivity index (χ4v) is 3.55. The summed E-state index contributed by atoms with van der Waals surface area (Å²) in [6.07, 6.45) is 1.76. The van der Waals surface area contributed by atoms with Crippen LogP contribution in [-0.4, -0.2) is 17.2 Å². The number of benzene rings is 2. The fourth-order valence-electron chi connectivity index (χ4n) is 3.55. The molecule has 0 saturated carbocycles. The van der Waals surface area contributed by atoms with Crippen molar-refractivity contribution >= 4 is 22.9 Å². The first kappa shape index (κ1) is 14.0. The highest BCUT2D eigenvalue weighted by molar-refractivity contribution is 6.31. The molecule has 23 heavy (non-hydrogen) atoms. The van der Waals surface area contributed by atoms with Crippen LogP contribution in [-0.2, 0) is 0 Å². The van der Waals surface area contributed by atoms with Crippen LogP contribution in [0.15, 0.2) is 36.4 Å². The molecule has 1 aliphatic heterocycles. The van der Waals surface area contributed by atoms with Gasteiger partial charge in [-0.15, -0.1) is 0 Å². The van der Waals surface area contributed by atoms with Gasteiger partial charge in [-0.1, -0.05) is 38.1 Å². The third-order valence-electron chi connectivity index (χ3n) is 5.04. The fraction of sp³-hybridized carbons (Fsp3) is 0.263. The molecule has 0 aromatic heterocycles. The van der Waals surface area contributed by atoms with Crippen molar-refractivity contribution in [2.75, 3.05) is 10.6 Å². The maximum Gasteiger partial charge on any atom is 0.196 e. The predicted octanol–water partition coefficient (Wildman–Crippen LogP) is 3.82. The van der Waals surface area contributed by atoms with Gasteiger partial charge in [0.2, 0.25) is 0 Å². The van der Waals surface area contributed by atoms with Crippen molar-refractivity contribution in [3.8, 4) is 0 Å². The van der Waals surface area contributed by atoms with Gasteiger partial charge in [-0.25, -0.2) is 0 Å². The summed E-state index contributed by atoms with van der Waals surface area (Å²) >= 11 is 0. The van der Waals surface area contributed by atoms with E-state index in [0.717, 1.165) is 24.2 Å². The molecule has 1 heterocycles. The summed E-state index contributed by atoms with van der Waals surface area (Å²) < 4.78 is 0. The smallest absolute Gasteiger partial charge is 0.196 e. The van der Waals surface area contributed by atoms with Crippen LogP contribution < -0.4 is 10.6 Å². The first-order valence-electron chi connectivity index (χ1n) is 8.02. The minimum atomic E-state index is -0.252. The summed E-state index contributed by atoms with van der Waals surface area (Å²) in [4.78, 5) is 25.7. The molecule has 0 bridgehead atoms. The standard InChI is InChI=1S/C19H18N2O2/c1-3-19(4-2)20-14-10-9-13-15(16(14)21-19)18(23)12-8-6-5-7-11(12)17(13)22/h5-10,20-21H,3-4H2,1-2H3. The largest absolute Gasteiger partial charge is 0.361 e.